The highest BCUT2D eigenvalue weighted by molar-refractivity contribution is 8.13. The molecule has 13 heavy (non-hydrogen) atoms. The smallest absolute Gasteiger partial charge is 0.274 e. The van der Waals surface area contributed by atoms with Crippen molar-refractivity contribution in [3.8, 4) is 0 Å². The molecule has 0 radical (unpaired) electrons. The first kappa shape index (κ1) is 10.4. The first-order valence-electron chi connectivity index (χ1n) is 3.08. The highest BCUT2D eigenvalue weighted by atomic mass is 35.7. The second kappa shape index (κ2) is 3.22. The molecule has 0 aromatic carbocycles. The van der Waals surface area contributed by atoms with Gasteiger partial charge in [0.25, 0.3) is 15.5 Å². The summed E-state index contributed by atoms with van der Waals surface area (Å²) in [6, 6.07) is 0. The average molecular weight is 231 g/mol. The Morgan fingerprint density at radius 1 is 1.62 bits per heavy atom. The summed E-state index contributed by atoms with van der Waals surface area (Å²) in [4.78, 5) is -0.647. The molecule has 0 saturated heterocycles. The standard InChI is InChI=1S/C5H5ClF2N2O2S/c1-10-2-3(13(6,11)12)4(9-10)5(7)8/h2,5H,1H3. The molecule has 0 N–H and O–H groups in total. The van der Waals surface area contributed by atoms with E-state index in [1.807, 2.05) is 0 Å². The van der Waals surface area contributed by atoms with Gasteiger partial charge in [0.1, 0.15) is 10.6 Å². The predicted molar refractivity (Wildman–Crippen MR) is 41.2 cm³/mol. The Morgan fingerprint density at radius 3 is 2.46 bits per heavy atom. The van der Waals surface area contributed by atoms with Crippen LogP contribution in [0.2, 0.25) is 0 Å². The highest BCUT2D eigenvalue weighted by Gasteiger charge is 2.25. The molecule has 1 rings (SSSR count). The normalized spacial score (nSPS) is 12.4. The minimum atomic E-state index is -4.15. The third-order valence-corrected chi connectivity index (χ3v) is 2.63. The summed E-state index contributed by atoms with van der Waals surface area (Å²) in [6.45, 7) is 0. The number of aromatic nitrogens is 2. The van der Waals surface area contributed by atoms with Gasteiger partial charge >= 0.3 is 0 Å². The number of halogens is 3. The van der Waals surface area contributed by atoms with Gasteiger partial charge in [-0.25, -0.2) is 17.2 Å². The Balaban J connectivity index is 3.37. The number of aryl methyl sites for hydroxylation is 1. The van der Waals surface area contributed by atoms with E-state index in [1.54, 1.807) is 0 Å². The molecule has 0 spiro atoms. The number of nitrogens with zero attached hydrogens (tertiary/aromatic N) is 2. The molecule has 1 heterocycles. The Bertz CT molecular complexity index is 414. The number of alkyl halides is 2. The van der Waals surface area contributed by atoms with Gasteiger partial charge in [0.15, 0.2) is 0 Å². The van der Waals surface area contributed by atoms with Crippen molar-refractivity contribution in [1.29, 1.82) is 0 Å². The van der Waals surface area contributed by atoms with E-state index in [0.717, 1.165) is 10.9 Å². The number of hydrogen-bond donors (Lipinski definition) is 0. The summed E-state index contributed by atoms with van der Waals surface area (Å²) in [6.07, 6.45) is -2.02. The molecule has 0 fully saturated rings. The average Bonchev–Trinajstić information content (AvgIpc) is 2.29. The Labute approximate surface area is 77.5 Å². The fraction of sp³-hybridized carbons (Fsp3) is 0.400. The van der Waals surface area contributed by atoms with Crippen LogP contribution in [0.3, 0.4) is 0 Å². The fourth-order valence-corrected chi connectivity index (χ4v) is 1.84. The highest BCUT2D eigenvalue weighted by Crippen LogP contribution is 2.26. The molecular weight excluding hydrogens is 226 g/mol. The molecule has 0 aliphatic rings. The van der Waals surface area contributed by atoms with Crippen molar-refractivity contribution in [3.63, 3.8) is 0 Å². The van der Waals surface area contributed by atoms with Gasteiger partial charge in [0.2, 0.25) is 0 Å². The first-order chi connectivity index (χ1) is 5.82. The molecule has 0 bridgehead atoms. The second-order valence-corrected chi connectivity index (χ2v) is 4.83. The molecule has 74 valence electrons. The van der Waals surface area contributed by atoms with Gasteiger partial charge in [-0.3, -0.25) is 4.68 Å². The summed E-state index contributed by atoms with van der Waals surface area (Å²) in [5, 5.41) is 3.28. The van der Waals surface area contributed by atoms with Crippen LogP contribution in [-0.4, -0.2) is 18.2 Å². The maximum absolute atomic E-state index is 12.2. The van der Waals surface area contributed by atoms with E-state index >= 15 is 0 Å². The van der Waals surface area contributed by atoms with Crippen LogP contribution in [0.4, 0.5) is 8.78 Å². The molecule has 0 amide bonds. The van der Waals surface area contributed by atoms with E-state index in [-0.39, 0.29) is 0 Å². The van der Waals surface area contributed by atoms with Crippen LogP contribution in [-0.2, 0) is 16.1 Å². The minimum absolute atomic E-state index is 0.647. The summed E-state index contributed by atoms with van der Waals surface area (Å²) in [5.74, 6) is 0. The van der Waals surface area contributed by atoms with E-state index in [9.17, 15) is 17.2 Å². The molecule has 0 aliphatic heterocycles. The van der Waals surface area contributed by atoms with E-state index in [4.69, 9.17) is 10.7 Å². The van der Waals surface area contributed by atoms with Crippen molar-refractivity contribution < 1.29 is 17.2 Å². The third kappa shape index (κ3) is 2.16. The molecule has 0 atom stereocenters. The van der Waals surface area contributed by atoms with Crippen molar-refractivity contribution >= 4 is 19.7 Å². The van der Waals surface area contributed by atoms with Crippen molar-refractivity contribution in [3.05, 3.63) is 11.9 Å². The zero-order chi connectivity index (χ0) is 10.2. The van der Waals surface area contributed by atoms with Gasteiger partial charge in [-0.1, -0.05) is 0 Å². The maximum Gasteiger partial charge on any atom is 0.283 e. The number of hydrogen-bond acceptors (Lipinski definition) is 3. The van der Waals surface area contributed by atoms with Gasteiger partial charge < -0.3 is 0 Å². The minimum Gasteiger partial charge on any atom is -0.274 e. The van der Waals surface area contributed by atoms with Crippen molar-refractivity contribution in [1.82, 2.24) is 9.78 Å². The van der Waals surface area contributed by atoms with Gasteiger partial charge in [-0.05, 0) is 0 Å². The van der Waals surface area contributed by atoms with Crippen molar-refractivity contribution in [2.75, 3.05) is 0 Å². The lowest BCUT2D eigenvalue weighted by molar-refractivity contribution is 0.142. The second-order valence-electron chi connectivity index (χ2n) is 2.29. The van der Waals surface area contributed by atoms with Crippen LogP contribution in [0, 0.1) is 0 Å². The SMILES string of the molecule is Cn1cc(S(=O)(=O)Cl)c(C(F)F)n1. The van der Waals surface area contributed by atoms with E-state index in [2.05, 4.69) is 5.10 Å². The Hall–Kier alpha value is -0.690. The van der Waals surface area contributed by atoms with Crippen molar-refractivity contribution in [2.45, 2.75) is 11.3 Å². The van der Waals surface area contributed by atoms with Gasteiger partial charge in [0, 0.05) is 23.9 Å². The van der Waals surface area contributed by atoms with E-state index in [1.165, 1.54) is 7.05 Å². The summed E-state index contributed by atoms with van der Waals surface area (Å²) in [7, 11) is 2.09. The van der Waals surface area contributed by atoms with Crippen LogP contribution in [0.1, 0.15) is 12.1 Å². The molecule has 8 heteroatoms. The topological polar surface area (TPSA) is 52.0 Å². The molecule has 1 aromatic rings. The van der Waals surface area contributed by atoms with Crippen LogP contribution >= 0.6 is 10.7 Å². The largest absolute Gasteiger partial charge is 0.283 e. The quantitative estimate of drug-likeness (QED) is 0.720. The molecule has 4 nitrogen and oxygen atoms in total. The Kier molecular flexibility index (Phi) is 2.58. The lowest BCUT2D eigenvalue weighted by Gasteiger charge is -1.94. The van der Waals surface area contributed by atoms with Crippen LogP contribution in [0.5, 0.6) is 0 Å². The van der Waals surface area contributed by atoms with Gasteiger partial charge in [-0.15, -0.1) is 0 Å². The third-order valence-electron chi connectivity index (χ3n) is 1.29. The van der Waals surface area contributed by atoms with Crippen LogP contribution in [0.25, 0.3) is 0 Å². The fourth-order valence-electron chi connectivity index (χ4n) is 0.823. The first-order valence-corrected chi connectivity index (χ1v) is 5.39. The van der Waals surface area contributed by atoms with Crippen LogP contribution in [0.15, 0.2) is 11.1 Å². The summed E-state index contributed by atoms with van der Waals surface area (Å²) < 4.78 is 46.8. The lowest BCUT2D eigenvalue weighted by atomic mass is 10.5. The number of rotatable bonds is 2. The molecular formula is C5H5ClF2N2O2S. The van der Waals surface area contributed by atoms with E-state index < -0.39 is 26.1 Å². The van der Waals surface area contributed by atoms with Gasteiger partial charge in [-0.2, -0.15) is 5.10 Å². The summed E-state index contributed by atoms with van der Waals surface area (Å²) >= 11 is 0. The Morgan fingerprint density at radius 2 is 2.15 bits per heavy atom. The zero-order valence-corrected chi connectivity index (χ0v) is 7.98. The molecule has 0 unspecified atom stereocenters. The van der Waals surface area contributed by atoms with Gasteiger partial charge in [0.05, 0.1) is 0 Å². The summed E-state index contributed by atoms with van der Waals surface area (Å²) in [5.41, 5.74) is -0.822. The molecule has 1 aromatic heterocycles. The van der Waals surface area contributed by atoms with Crippen molar-refractivity contribution in [2.24, 2.45) is 7.05 Å². The lowest BCUT2D eigenvalue weighted by Crippen LogP contribution is -1.96. The van der Waals surface area contributed by atoms with Crippen LogP contribution < -0.4 is 0 Å². The molecule has 0 saturated carbocycles. The molecule has 0 aliphatic carbocycles. The maximum atomic E-state index is 12.2. The predicted octanol–water partition coefficient (Wildman–Crippen LogP) is 1.29. The zero-order valence-electron chi connectivity index (χ0n) is 6.41. The monoisotopic (exact) mass is 230 g/mol. The van der Waals surface area contributed by atoms with E-state index in [0.29, 0.717) is 0 Å².